The molecule has 0 heterocycles. The second-order valence-electron chi connectivity index (χ2n) is 5.53. The Morgan fingerprint density at radius 3 is 1.71 bits per heavy atom. The van der Waals surface area contributed by atoms with Crippen molar-refractivity contribution in [3.8, 4) is 5.75 Å². The summed E-state index contributed by atoms with van der Waals surface area (Å²) in [5.41, 5.74) is 0.235. The Bertz CT molecular complexity index is 686. The van der Waals surface area contributed by atoms with Crippen molar-refractivity contribution in [3.63, 3.8) is 0 Å². The van der Waals surface area contributed by atoms with Gasteiger partial charge in [-0.25, -0.2) is 0 Å². The lowest BCUT2D eigenvalue weighted by Gasteiger charge is -2.23. The molecule has 0 saturated heterocycles. The summed E-state index contributed by atoms with van der Waals surface area (Å²) < 4.78 is 5.64. The lowest BCUT2D eigenvalue weighted by atomic mass is 10.0. The summed E-state index contributed by atoms with van der Waals surface area (Å²) >= 11 is 5.81. The van der Waals surface area contributed by atoms with Crippen molar-refractivity contribution in [1.82, 2.24) is 0 Å². The largest absolute Gasteiger partial charge is 0.480 e. The van der Waals surface area contributed by atoms with E-state index in [1.807, 2.05) is 13.8 Å². The van der Waals surface area contributed by atoms with Crippen LogP contribution in [-0.2, 0) is 4.79 Å². The first-order valence-corrected chi connectivity index (χ1v) is 8.28. The lowest BCUT2D eigenvalue weighted by Crippen LogP contribution is -2.36. The first-order chi connectivity index (χ1) is 11.3. The molecule has 0 aliphatic heterocycles. The van der Waals surface area contributed by atoms with E-state index in [9.17, 15) is 9.59 Å². The van der Waals surface area contributed by atoms with Crippen LogP contribution in [0.15, 0.2) is 48.5 Å². The van der Waals surface area contributed by atoms with E-state index >= 15 is 0 Å². The van der Waals surface area contributed by atoms with E-state index in [1.165, 1.54) is 6.92 Å². The predicted octanol–water partition coefficient (Wildman–Crippen LogP) is 5.34. The van der Waals surface area contributed by atoms with Crippen LogP contribution in [0.5, 0.6) is 5.75 Å². The second-order valence-corrected chi connectivity index (χ2v) is 5.97. The molecule has 0 amide bonds. The highest BCUT2D eigenvalue weighted by Crippen LogP contribution is 2.21. The molecule has 0 aliphatic rings. The topological polar surface area (TPSA) is 43.4 Å². The van der Waals surface area contributed by atoms with Crippen LogP contribution in [0.1, 0.15) is 50.5 Å². The van der Waals surface area contributed by atoms with Crippen molar-refractivity contribution < 1.29 is 14.3 Å². The highest BCUT2D eigenvalue weighted by atomic mass is 35.5. The molecule has 0 unspecified atom stereocenters. The number of benzene rings is 2. The van der Waals surface area contributed by atoms with E-state index in [2.05, 4.69) is 0 Å². The zero-order valence-corrected chi connectivity index (χ0v) is 15.5. The minimum absolute atomic E-state index is 0.0613. The fourth-order valence-corrected chi connectivity index (χ4v) is 1.93. The molecule has 0 saturated carbocycles. The summed E-state index contributed by atoms with van der Waals surface area (Å²) in [6.07, 6.45) is 0. The Balaban J connectivity index is 0.00000139. The maximum atomic E-state index is 12.3. The zero-order chi connectivity index (χ0) is 18.3. The molecule has 0 spiro atoms. The summed E-state index contributed by atoms with van der Waals surface area (Å²) in [7, 11) is 0. The van der Waals surface area contributed by atoms with Crippen LogP contribution < -0.4 is 4.74 Å². The summed E-state index contributed by atoms with van der Waals surface area (Å²) in [5, 5.41) is 0.590. The molecule has 2 aromatic rings. The first kappa shape index (κ1) is 19.9. The quantitative estimate of drug-likeness (QED) is 0.686. The van der Waals surface area contributed by atoms with Crippen LogP contribution >= 0.6 is 11.6 Å². The molecule has 4 heteroatoms. The SMILES string of the molecule is CC.CC(=O)C(C)(C)Oc1ccc(C(=O)c2ccc(Cl)cc2)cc1. The van der Waals surface area contributed by atoms with Gasteiger partial charge in [0.1, 0.15) is 5.75 Å². The van der Waals surface area contributed by atoms with Gasteiger partial charge in [0.25, 0.3) is 0 Å². The minimum Gasteiger partial charge on any atom is -0.480 e. The number of hydrogen-bond acceptors (Lipinski definition) is 3. The molecule has 2 rings (SSSR count). The molecular weight excluding hydrogens is 324 g/mol. The molecule has 0 atom stereocenters. The lowest BCUT2D eigenvalue weighted by molar-refractivity contribution is -0.129. The second kappa shape index (κ2) is 8.65. The third-order valence-electron chi connectivity index (χ3n) is 3.44. The van der Waals surface area contributed by atoms with Crippen molar-refractivity contribution in [3.05, 3.63) is 64.7 Å². The molecule has 0 N–H and O–H groups in total. The highest BCUT2D eigenvalue weighted by molar-refractivity contribution is 6.30. The molecule has 24 heavy (non-hydrogen) atoms. The van der Waals surface area contributed by atoms with Gasteiger partial charge in [-0.1, -0.05) is 25.4 Å². The average Bonchev–Trinajstić information content (AvgIpc) is 2.57. The van der Waals surface area contributed by atoms with Gasteiger partial charge < -0.3 is 4.74 Å². The van der Waals surface area contributed by atoms with Gasteiger partial charge in [0, 0.05) is 16.1 Å². The number of ether oxygens (including phenoxy) is 1. The Morgan fingerprint density at radius 2 is 1.29 bits per heavy atom. The minimum atomic E-state index is -0.887. The van der Waals surface area contributed by atoms with Crippen LogP contribution in [0.3, 0.4) is 0 Å². The fourth-order valence-electron chi connectivity index (χ4n) is 1.81. The standard InChI is InChI=1S/C18H17ClO3.C2H6/c1-12(20)18(2,3)22-16-10-6-14(7-11-16)17(21)13-4-8-15(19)9-5-13;1-2/h4-11H,1-3H3;1-2H3. The molecule has 0 radical (unpaired) electrons. The first-order valence-electron chi connectivity index (χ1n) is 7.90. The molecule has 128 valence electrons. The fraction of sp³-hybridized carbons (Fsp3) is 0.300. The van der Waals surface area contributed by atoms with Crippen molar-refractivity contribution in [2.24, 2.45) is 0 Å². The molecule has 3 nitrogen and oxygen atoms in total. The van der Waals surface area contributed by atoms with Crippen molar-refractivity contribution in [2.45, 2.75) is 40.2 Å². The maximum absolute atomic E-state index is 12.3. The van der Waals surface area contributed by atoms with Gasteiger partial charge in [0.15, 0.2) is 17.2 Å². The summed E-state index contributed by atoms with van der Waals surface area (Å²) in [5.74, 6) is 0.399. The van der Waals surface area contributed by atoms with E-state index < -0.39 is 5.60 Å². The van der Waals surface area contributed by atoms with E-state index in [4.69, 9.17) is 16.3 Å². The van der Waals surface area contributed by atoms with Crippen molar-refractivity contribution in [2.75, 3.05) is 0 Å². The number of Topliss-reactive ketones (excluding diaryl/α,β-unsaturated/α-hetero) is 1. The average molecular weight is 347 g/mol. The van der Waals surface area contributed by atoms with E-state index in [0.717, 1.165) is 0 Å². The normalized spacial score (nSPS) is 10.4. The van der Waals surface area contributed by atoms with Gasteiger partial charge in [0.05, 0.1) is 0 Å². The maximum Gasteiger partial charge on any atom is 0.193 e. The van der Waals surface area contributed by atoms with E-state index in [1.54, 1.807) is 62.4 Å². The summed E-state index contributed by atoms with van der Waals surface area (Å²) in [6.45, 7) is 8.91. The third-order valence-corrected chi connectivity index (χ3v) is 3.70. The highest BCUT2D eigenvalue weighted by Gasteiger charge is 2.25. The Labute approximate surface area is 148 Å². The monoisotopic (exact) mass is 346 g/mol. The van der Waals surface area contributed by atoms with Gasteiger partial charge in [-0.05, 0) is 69.3 Å². The van der Waals surface area contributed by atoms with E-state index in [0.29, 0.717) is 21.9 Å². The molecule has 0 bridgehead atoms. The molecular formula is C20H23ClO3. The van der Waals surface area contributed by atoms with Crippen LogP contribution in [0, 0.1) is 0 Å². The van der Waals surface area contributed by atoms with Crippen LogP contribution in [0.4, 0.5) is 0 Å². The number of hydrogen-bond donors (Lipinski definition) is 0. The van der Waals surface area contributed by atoms with Gasteiger partial charge in [0.2, 0.25) is 0 Å². The van der Waals surface area contributed by atoms with Crippen LogP contribution in [0.2, 0.25) is 5.02 Å². The smallest absolute Gasteiger partial charge is 0.193 e. The van der Waals surface area contributed by atoms with Crippen molar-refractivity contribution in [1.29, 1.82) is 0 Å². The molecule has 0 aliphatic carbocycles. The molecule has 0 fully saturated rings. The van der Waals surface area contributed by atoms with Gasteiger partial charge in [-0.2, -0.15) is 0 Å². The van der Waals surface area contributed by atoms with E-state index in [-0.39, 0.29) is 11.6 Å². The number of carbonyl (C=O) groups is 2. The van der Waals surface area contributed by atoms with Crippen LogP contribution in [-0.4, -0.2) is 17.2 Å². The molecule has 0 aromatic heterocycles. The summed E-state index contributed by atoms with van der Waals surface area (Å²) in [4.78, 5) is 23.8. The number of ketones is 2. The van der Waals surface area contributed by atoms with Gasteiger partial charge in [-0.15, -0.1) is 0 Å². The van der Waals surface area contributed by atoms with Crippen LogP contribution in [0.25, 0.3) is 0 Å². The van der Waals surface area contributed by atoms with Gasteiger partial charge >= 0.3 is 0 Å². The van der Waals surface area contributed by atoms with Crippen molar-refractivity contribution >= 4 is 23.2 Å². The third kappa shape index (κ3) is 5.20. The Kier molecular flexibility index (Phi) is 7.18. The number of carbonyl (C=O) groups excluding carboxylic acids is 2. The predicted molar refractivity (Wildman–Crippen MR) is 98.1 cm³/mol. The summed E-state index contributed by atoms with van der Waals surface area (Å²) in [6, 6.07) is 13.5. The molecule has 2 aromatic carbocycles. The Hall–Kier alpha value is -2.13. The Morgan fingerprint density at radius 1 is 0.875 bits per heavy atom. The van der Waals surface area contributed by atoms with Gasteiger partial charge in [-0.3, -0.25) is 9.59 Å². The number of halogens is 1. The zero-order valence-electron chi connectivity index (χ0n) is 14.7. The number of rotatable bonds is 5.